The van der Waals surface area contributed by atoms with Crippen LogP contribution < -0.4 is 10.1 Å². The van der Waals surface area contributed by atoms with E-state index in [1.807, 2.05) is 43.0 Å². The van der Waals surface area contributed by atoms with Crippen molar-refractivity contribution in [1.82, 2.24) is 4.90 Å². The first-order chi connectivity index (χ1) is 12.6. The van der Waals surface area contributed by atoms with Crippen molar-refractivity contribution in [1.29, 1.82) is 0 Å². The van der Waals surface area contributed by atoms with Crippen molar-refractivity contribution in [2.24, 2.45) is 5.92 Å². The molecule has 0 atom stereocenters. The first kappa shape index (κ1) is 18.3. The summed E-state index contributed by atoms with van der Waals surface area (Å²) in [6, 6.07) is 18.2. The summed E-state index contributed by atoms with van der Waals surface area (Å²) in [4.78, 5) is 14.5. The van der Waals surface area contributed by atoms with E-state index in [9.17, 15) is 4.79 Å². The lowest BCUT2D eigenvalue weighted by atomic mass is 9.90. The molecule has 1 aliphatic heterocycles. The number of likely N-dealkylation sites (tertiary alicyclic amines) is 1. The van der Waals surface area contributed by atoms with Gasteiger partial charge >= 0.3 is 6.03 Å². The zero-order chi connectivity index (χ0) is 18.4. The zero-order valence-corrected chi connectivity index (χ0v) is 15.7. The van der Waals surface area contributed by atoms with Crippen LogP contribution in [-0.2, 0) is 6.42 Å². The number of nitrogens with one attached hydrogen (secondary N) is 1. The Kier molecular flexibility index (Phi) is 6.16. The maximum absolute atomic E-state index is 12.6. The fraction of sp³-hybridized carbons (Fsp3) is 0.409. The number of hydrogen-bond acceptors (Lipinski definition) is 2. The van der Waals surface area contributed by atoms with Crippen LogP contribution in [0.15, 0.2) is 54.6 Å². The summed E-state index contributed by atoms with van der Waals surface area (Å²) in [5.41, 5.74) is 2.12. The Bertz CT molecular complexity index is 707. The molecule has 2 aromatic carbocycles. The second-order valence-corrected chi connectivity index (χ2v) is 7.21. The van der Waals surface area contributed by atoms with Gasteiger partial charge in [-0.05, 0) is 56.7 Å². The lowest BCUT2D eigenvalue weighted by Gasteiger charge is -2.32. The molecule has 1 fully saturated rings. The molecule has 3 rings (SSSR count). The predicted molar refractivity (Wildman–Crippen MR) is 106 cm³/mol. The van der Waals surface area contributed by atoms with E-state index in [2.05, 4.69) is 35.6 Å². The van der Waals surface area contributed by atoms with Gasteiger partial charge in [-0.15, -0.1) is 0 Å². The SMILES string of the molecule is CC(C)Oc1ccccc1NC(=O)N1CCC(Cc2ccccc2)CC1. The number of rotatable bonds is 5. The number of nitrogens with zero attached hydrogens (tertiary/aromatic N) is 1. The highest BCUT2D eigenvalue weighted by Gasteiger charge is 2.23. The highest BCUT2D eigenvalue weighted by Crippen LogP contribution is 2.26. The summed E-state index contributed by atoms with van der Waals surface area (Å²) < 4.78 is 5.78. The number of piperidine rings is 1. The minimum absolute atomic E-state index is 0.0389. The van der Waals surface area contributed by atoms with E-state index in [0.29, 0.717) is 5.92 Å². The summed E-state index contributed by atoms with van der Waals surface area (Å²) >= 11 is 0. The number of urea groups is 1. The molecular weight excluding hydrogens is 324 g/mol. The summed E-state index contributed by atoms with van der Waals surface area (Å²) in [6.07, 6.45) is 3.27. The van der Waals surface area contributed by atoms with Gasteiger partial charge in [-0.25, -0.2) is 4.79 Å². The van der Waals surface area contributed by atoms with Gasteiger partial charge < -0.3 is 15.0 Å². The van der Waals surface area contributed by atoms with E-state index in [1.165, 1.54) is 5.56 Å². The van der Waals surface area contributed by atoms with Crippen LogP contribution in [0.1, 0.15) is 32.3 Å². The lowest BCUT2D eigenvalue weighted by Crippen LogP contribution is -2.41. The van der Waals surface area contributed by atoms with Crippen LogP contribution in [0.5, 0.6) is 5.75 Å². The van der Waals surface area contributed by atoms with Gasteiger partial charge in [-0.3, -0.25) is 0 Å². The molecule has 2 aromatic rings. The third-order valence-corrected chi connectivity index (χ3v) is 4.76. The number of carbonyl (C=O) groups excluding carboxylic acids is 1. The molecule has 2 amide bonds. The Morgan fingerprint density at radius 3 is 2.42 bits per heavy atom. The Morgan fingerprint density at radius 1 is 1.08 bits per heavy atom. The number of anilines is 1. The largest absolute Gasteiger partial charge is 0.489 e. The maximum atomic E-state index is 12.6. The van der Waals surface area contributed by atoms with Crippen molar-refractivity contribution >= 4 is 11.7 Å². The van der Waals surface area contributed by atoms with Crippen LogP contribution in [0.2, 0.25) is 0 Å². The third kappa shape index (κ3) is 5.01. The molecule has 1 aliphatic rings. The molecule has 1 N–H and O–H groups in total. The smallest absolute Gasteiger partial charge is 0.321 e. The van der Waals surface area contributed by atoms with E-state index in [0.717, 1.165) is 43.8 Å². The molecule has 1 saturated heterocycles. The molecule has 0 saturated carbocycles. The Morgan fingerprint density at radius 2 is 1.73 bits per heavy atom. The van der Waals surface area contributed by atoms with Crippen molar-refractivity contribution < 1.29 is 9.53 Å². The van der Waals surface area contributed by atoms with Gasteiger partial charge in [-0.1, -0.05) is 42.5 Å². The fourth-order valence-corrected chi connectivity index (χ4v) is 3.41. The van der Waals surface area contributed by atoms with E-state index >= 15 is 0 Å². The molecule has 0 aromatic heterocycles. The molecule has 4 nitrogen and oxygen atoms in total. The Labute approximate surface area is 156 Å². The highest BCUT2D eigenvalue weighted by molar-refractivity contribution is 5.91. The molecule has 4 heteroatoms. The van der Waals surface area contributed by atoms with Crippen molar-refractivity contribution in [2.45, 2.75) is 39.2 Å². The lowest BCUT2D eigenvalue weighted by molar-refractivity contribution is 0.182. The minimum Gasteiger partial charge on any atom is -0.489 e. The second-order valence-electron chi connectivity index (χ2n) is 7.21. The highest BCUT2D eigenvalue weighted by atomic mass is 16.5. The van der Waals surface area contributed by atoms with Gasteiger partial charge in [0.15, 0.2) is 0 Å². The van der Waals surface area contributed by atoms with Crippen molar-refractivity contribution in [2.75, 3.05) is 18.4 Å². The average molecular weight is 352 g/mol. The van der Waals surface area contributed by atoms with Gasteiger partial charge in [0.1, 0.15) is 5.75 Å². The molecule has 0 aliphatic carbocycles. The number of carbonyl (C=O) groups is 1. The van der Waals surface area contributed by atoms with Crippen molar-refractivity contribution in [3.8, 4) is 5.75 Å². The van der Waals surface area contributed by atoms with Gasteiger partial charge in [0.2, 0.25) is 0 Å². The van der Waals surface area contributed by atoms with E-state index in [-0.39, 0.29) is 12.1 Å². The van der Waals surface area contributed by atoms with Crippen molar-refractivity contribution in [3.05, 3.63) is 60.2 Å². The number of benzene rings is 2. The van der Waals surface area contributed by atoms with Gasteiger partial charge in [0, 0.05) is 13.1 Å². The van der Waals surface area contributed by atoms with Crippen LogP contribution in [0, 0.1) is 5.92 Å². The number of hydrogen-bond donors (Lipinski definition) is 1. The molecular formula is C22H28N2O2. The number of ether oxygens (including phenoxy) is 1. The normalized spacial score (nSPS) is 15.1. The van der Waals surface area contributed by atoms with E-state index in [1.54, 1.807) is 0 Å². The maximum Gasteiger partial charge on any atom is 0.321 e. The van der Waals surface area contributed by atoms with Crippen LogP contribution in [0.3, 0.4) is 0 Å². The first-order valence-corrected chi connectivity index (χ1v) is 9.47. The molecule has 0 spiro atoms. The van der Waals surface area contributed by atoms with Crippen LogP contribution >= 0.6 is 0 Å². The first-order valence-electron chi connectivity index (χ1n) is 9.47. The van der Waals surface area contributed by atoms with Crippen LogP contribution in [0.4, 0.5) is 10.5 Å². The third-order valence-electron chi connectivity index (χ3n) is 4.76. The number of amides is 2. The standard InChI is InChI=1S/C22H28N2O2/c1-17(2)26-21-11-7-6-10-20(21)23-22(25)24-14-12-19(13-15-24)16-18-8-4-3-5-9-18/h3-11,17,19H,12-16H2,1-2H3,(H,23,25). The average Bonchev–Trinajstić information content (AvgIpc) is 2.64. The quantitative estimate of drug-likeness (QED) is 0.826. The van der Waals surface area contributed by atoms with E-state index in [4.69, 9.17) is 4.74 Å². The second kappa shape index (κ2) is 8.75. The molecule has 26 heavy (non-hydrogen) atoms. The molecule has 0 unspecified atom stereocenters. The van der Waals surface area contributed by atoms with Gasteiger partial charge in [-0.2, -0.15) is 0 Å². The molecule has 0 radical (unpaired) electrons. The molecule has 138 valence electrons. The van der Waals surface area contributed by atoms with Gasteiger partial charge in [0.05, 0.1) is 11.8 Å². The Hall–Kier alpha value is -2.49. The minimum atomic E-state index is -0.0389. The summed E-state index contributed by atoms with van der Waals surface area (Å²) in [7, 11) is 0. The molecule has 1 heterocycles. The number of para-hydroxylation sites is 2. The topological polar surface area (TPSA) is 41.6 Å². The van der Waals surface area contributed by atoms with Gasteiger partial charge in [0.25, 0.3) is 0 Å². The predicted octanol–water partition coefficient (Wildman–Crippen LogP) is 4.96. The Balaban J connectivity index is 1.53. The summed E-state index contributed by atoms with van der Waals surface area (Å²) in [5.74, 6) is 1.37. The monoisotopic (exact) mass is 352 g/mol. The van der Waals surface area contributed by atoms with Crippen LogP contribution in [0.25, 0.3) is 0 Å². The van der Waals surface area contributed by atoms with Crippen molar-refractivity contribution in [3.63, 3.8) is 0 Å². The summed E-state index contributed by atoms with van der Waals surface area (Å²) in [5, 5.41) is 3.01. The van der Waals surface area contributed by atoms with Crippen LogP contribution in [-0.4, -0.2) is 30.1 Å². The van der Waals surface area contributed by atoms with E-state index < -0.39 is 0 Å². The summed E-state index contributed by atoms with van der Waals surface area (Å²) in [6.45, 7) is 5.57. The molecule has 0 bridgehead atoms. The fourth-order valence-electron chi connectivity index (χ4n) is 3.41. The zero-order valence-electron chi connectivity index (χ0n) is 15.7.